The Morgan fingerprint density at radius 3 is 2.65 bits per heavy atom. The van der Waals surface area contributed by atoms with Crippen molar-refractivity contribution in [2.45, 2.75) is 57.5 Å². The van der Waals surface area contributed by atoms with Crippen molar-refractivity contribution in [3.8, 4) is 0 Å². The van der Waals surface area contributed by atoms with Crippen LogP contribution in [0.4, 0.5) is 0 Å². The van der Waals surface area contributed by atoms with Crippen LogP contribution in [0.15, 0.2) is 12.7 Å². The summed E-state index contributed by atoms with van der Waals surface area (Å²) in [6, 6.07) is 1.62. The highest BCUT2D eigenvalue weighted by Gasteiger charge is 2.27. The van der Waals surface area contributed by atoms with Crippen molar-refractivity contribution in [1.82, 2.24) is 10.2 Å². The minimum absolute atomic E-state index is 0.727. The van der Waals surface area contributed by atoms with Crippen LogP contribution in [0.25, 0.3) is 0 Å². The maximum atomic E-state index is 3.77. The van der Waals surface area contributed by atoms with Crippen LogP contribution >= 0.6 is 0 Å². The van der Waals surface area contributed by atoms with Gasteiger partial charge in [-0.25, -0.2) is 0 Å². The molecule has 1 aliphatic heterocycles. The zero-order valence-electron chi connectivity index (χ0n) is 11.3. The molecule has 1 N–H and O–H groups in total. The molecule has 2 rings (SSSR count). The molecule has 98 valence electrons. The lowest BCUT2D eigenvalue weighted by Gasteiger charge is -2.41. The second-order valence-electron chi connectivity index (χ2n) is 5.93. The van der Waals surface area contributed by atoms with Gasteiger partial charge in [0.25, 0.3) is 0 Å². The number of nitrogens with one attached hydrogen (secondary N) is 1. The maximum absolute atomic E-state index is 3.77. The third kappa shape index (κ3) is 3.82. The molecule has 2 nitrogen and oxygen atoms in total. The van der Waals surface area contributed by atoms with Gasteiger partial charge in [0.2, 0.25) is 0 Å². The van der Waals surface area contributed by atoms with Gasteiger partial charge in [-0.15, -0.1) is 6.58 Å². The third-order valence-electron chi connectivity index (χ3n) is 4.51. The van der Waals surface area contributed by atoms with Crippen LogP contribution in [0, 0.1) is 5.92 Å². The van der Waals surface area contributed by atoms with E-state index in [2.05, 4.69) is 23.7 Å². The fourth-order valence-electron chi connectivity index (χ4n) is 3.45. The van der Waals surface area contributed by atoms with E-state index in [1.807, 2.05) is 6.08 Å². The fourth-order valence-corrected chi connectivity index (χ4v) is 3.45. The summed E-state index contributed by atoms with van der Waals surface area (Å²) in [7, 11) is 0. The first-order valence-electron chi connectivity index (χ1n) is 7.38. The lowest BCUT2D eigenvalue weighted by Crippen LogP contribution is -2.47. The van der Waals surface area contributed by atoms with Crippen LogP contribution in [-0.4, -0.2) is 36.6 Å². The highest BCUT2D eigenvalue weighted by molar-refractivity contribution is 4.85. The van der Waals surface area contributed by atoms with E-state index in [-0.39, 0.29) is 0 Å². The average molecular weight is 236 g/mol. The SMILES string of the molecule is C=CCNC1CCN([C@H]2CCC[C@H](C)C2)CC1. The first kappa shape index (κ1) is 13.1. The van der Waals surface area contributed by atoms with Gasteiger partial charge >= 0.3 is 0 Å². The van der Waals surface area contributed by atoms with E-state index in [1.54, 1.807) is 0 Å². The monoisotopic (exact) mass is 236 g/mol. The van der Waals surface area contributed by atoms with Crippen LogP contribution in [0.1, 0.15) is 45.4 Å². The van der Waals surface area contributed by atoms with E-state index >= 15 is 0 Å². The van der Waals surface area contributed by atoms with Crippen LogP contribution < -0.4 is 5.32 Å². The average Bonchev–Trinajstić information content (AvgIpc) is 2.37. The zero-order valence-corrected chi connectivity index (χ0v) is 11.3. The molecular formula is C15H28N2. The highest BCUT2D eigenvalue weighted by atomic mass is 15.2. The van der Waals surface area contributed by atoms with E-state index in [0.29, 0.717) is 0 Å². The summed E-state index contributed by atoms with van der Waals surface area (Å²) in [4.78, 5) is 2.75. The van der Waals surface area contributed by atoms with Crippen LogP contribution in [-0.2, 0) is 0 Å². The van der Waals surface area contributed by atoms with Gasteiger partial charge in [-0.05, 0) is 44.7 Å². The molecule has 0 aromatic rings. The molecule has 0 aromatic heterocycles. The highest BCUT2D eigenvalue weighted by Crippen LogP contribution is 2.28. The summed E-state index contributed by atoms with van der Waals surface area (Å²) in [5.41, 5.74) is 0. The van der Waals surface area contributed by atoms with Crippen molar-refractivity contribution in [3.63, 3.8) is 0 Å². The molecule has 2 aliphatic rings. The van der Waals surface area contributed by atoms with E-state index in [0.717, 1.165) is 24.5 Å². The Balaban J connectivity index is 1.72. The van der Waals surface area contributed by atoms with Gasteiger partial charge in [0.1, 0.15) is 0 Å². The normalized spacial score (nSPS) is 32.5. The Bertz CT molecular complexity index is 231. The second-order valence-corrected chi connectivity index (χ2v) is 5.93. The zero-order chi connectivity index (χ0) is 12.1. The predicted octanol–water partition coefficient (Wildman–Crippen LogP) is 2.81. The van der Waals surface area contributed by atoms with Crippen molar-refractivity contribution in [2.24, 2.45) is 5.92 Å². The second kappa shape index (κ2) is 6.55. The summed E-state index contributed by atoms with van der Waals surface area (Å²) in [6.07, 6.45) is 10.4. The molecule has 0 bridgehead atoms. The Hall–Kier alpha value is -0.340. The smallest absolute Gasteiger partial charge is 0.0134 e. The van der Waals surface area contributed by atoms with Crippen molar-refractivity contribution < 1.29 is 0 Å². The standard InChI is InChI=1S/C15H28N2/c1-3-9-16-14-7-10-17(11-8-14)15-6-4-5-13(2)12-15/h3,13-16H,1,4-12H2,2H3/t13-,15-/m0/s1. The minimum atomic E-state index is 0.727. The molecule has 17 heavy (non-hydrogen) atoms. The first-order chi connectivity index (χ1) is 8.29. The number of piperidine rings is 1. The summed E-state index contributed by atoms with van der Waals surface area (Å²) in [5.74, 6) is 0.949. The van der Waals surface area contributed by atoms with Crippen molar-refractivity contribution in [2.75, 3.05) is 19.6 Å². The largest absolute Gasteiger partial charge is 0.310 e. The van der Waals surface area contributed by atoms with Gasteiger partial charge < -0.3 is 10.2 Å². The van der Waals surface area contributed by atoms with Gasteiger partial charge in [0.05, 0.1) is 0 Å². The summed E-state index contributed by atoms with van der Waals surface area (Å²) in [6.45, 7) is 9.75. The van der Waals surface area contributed by atoms with E-state index in [4.69, 9.17) is 0 Å². The number of nitrogens with zero attached hydrogens (tertiary/aromatic N) is 1. The van der Waals surface area contributed by atoms with Crippen molar-refractivity contribution >= 4 is 0 Å². The number of hydrogen-bond donors (Lipinski definition) is 1. The van der Waals surface area contributed by atoms with Gasteiger partial charge in [0, 0.05) is 18.6 Å². The van der Waals surface area contributed by atoms with Crippen LogP contribution in [0.2, 0.25) is 0 Å². The van der Waals surface area contributed by atoms with E-state index in [1.165, 1.54) is 51.6 Å². The molecule has 0 aromatic carbocycles. The molecule has 2 fully saturated rings. The molecule has 1 heterocycles. The number of rotatable bonds is 4. The predicted molar refractivity (Wildman–Crippen MR) is 74.2 cm³/mol. The van der Waals surface area contributed by atoms with Crippen LogP contribution in [0.3, 0.4) is 0 Å². The molecule has 0 amide bonds. The molecular weight excluding hydrogens is 208 g/mol. The van der Waals surface area contributed by atoms with E-state index in [9.17, 15) is 0 Å². The lowest BCUT2D eigenvalue weighted by molar-refractivity contribution is 0.101. The molecule has 0 unspecified atom stereocenters. The summed E-state index contributed by atoms with van der Waals surface area (Å²) >= 11 is 0. The molecule has 1 saturated carbocycles. The molecule has 0 spiro atoms. The Morgan fingerprint density at radius 2 is 2.00 bits per heavy atom. The van der Waals surface area contributed by atoms with Crippen LogP contribution in [0.5, 0.6) is 0 Å². The first-order valence-corrected chi connectivity index (χ1v) is 7.38. The van der Waals surface area contributed by atoms with Crippen molar-refractivity contribution in [3.05, 3.63) is 12.7 Å². The Morgan fingerprint density at radius 1 is 1.24 bits per heavy atom. The Labute approximate surface area is 106 Å². The lowest BCUT2D eigenvalue weighted by atomic mass is 9.85. The molecule has 0 radical (unpaired) electrons. The number of likely N-dealkylation sites (tertiary alicyclic amines) is 1. The molecule has 1 aliphatic carbocycles. The molecule has 2 heteroatoms. The molecule has 1 saturated heterocycles. The maximum Gasteiger partial charge on any atom is 0.0134 e. The third-order valence-corrected chi connectivity index (χ3v) is 4.51. The number of hydrogen-bond acceptors (Lipinski definition) is 2. The summed E-state index contributed by atoms with van der Waals surface area (Å²) in [5, 5.41) is 3.56. The van der Waals surface area contributed by atoms with E-state index < -0.39 is 0 Å². The fraction of sp³-hybridized carbons (Fsp3) is 0.867. The quantitative estimate of drug-likeness (QED) is 0.755. The summed E-state index contributed by atoms with van der Waals surface area (Å²) < 4.78 is 0. The van der Waals surface area contributed by atoms with Gasteiger partial charge in [0.15, 0.2) is 0 Å². The minimum Gasteiger partial charge on any atom is -0.310 e. The van der Waals surface area contributed by atoms with Crippen molar-refractivity contribution in [1.29, 1.82) is 0 Å². The van der Waals surface area contributed by atoms with Gasteiger partial charge in [-0.2, -0.15) is 0 Å². The Kier molecular flexibility index (Phi) is 5.05. The molecule has 2 atom stereocenters. The topological polar surface area (TPSA) is 15.3 Å². The van der Waals surface area contributed by atoms with Gasteiger partial charge in [-0.1, -0.05) is 25.8 Å². The van der Waals surface area contributed by atoms with Gasteiger partial charge in [-0.3, -0.25) is 0 Å².